The van der Waals surface area contributed by atoms with Crippen LogP contribution in [0.15, 0.2) is 109 Å². The molecule has 0 atom stereocenters. The van der Waals surface area contributed by atoms with Crippen LogP contribution in [-0.2, 0) is 0 Å². The average Bonchev–Trinajstić information content (AvgIpc) is 2.75. The monoisotopic (exact) mass is 362 g/mol. The van der Waals surface area contributed by atoms with Crippen molar-refractivity contribution >= 4 is 21.5 Å². The fraction of sp³-hybridized carbons (Fsp3) is 0. The van der Waals surface area contributed by atoms with Crippen molar-refractivity contribution in [2.45, 2.75) is 0 Å². The molecular formula is C26H18O2. The fourth-order valence-corrected chi connectivity index (χ4v) is 3.42. The summed E-state index contributed by atoms with van der Waals surface area (Å²) in [6, 6.07) is 36.3. The molecule has 0 heterocycles. The summed E-state index contributed by atoms with van der Waals surface area (Å²) in [4.78, 5) is 0. The third-order valence-corrected chi connectivity index (χ3v) is 4.76. The zero-order valence-corrected chi connectivity index (χ0v) is 15.2. The number of hydrogen-bond acceptors (Lipinski definition) is 2. The molecule has 0 aliphatic carbocycles. The Morgan fingerprint density at radius 3 is 1.36 bits per heavy atom. The second kappa shape index (κ2) is 7.09. The maximum absolute atomic E-state index is 6.18. The van der Waals surface area contributed by atoms with Crippen LogP contribution in [0.25, 0.3) is 21.5 Å². The molecule has 2 nitrogen and oxygen atoms in total. The van der Waals surface area contributed by atoms with Gasteiger partial charge >= 0.3 is 0 Å². The first kappa shape index (κ1) is 16.4. The Hall–Kier alpha value is -3.78. The topological polar surface area (TPSA) is 18.5 Å². The minimum Gasteiger partial charge on any atom is -0.457 e. The van der Waals surface area contributed by atoms with Gasteiger partial charge in [-0.1, -0.05) is 78.9 Å². The van der Waals surface area contributed by atoms with E-state index in [0.29, 0.717) is 0 Å². The number of benzene rings is 5. The second-order valence-electron chi connectivity index (χ2n) is 6.63. The summed E-state index contributed by atoms with van der Waals surface area (Å²) in [5.41, 5.74) is 0. The van der Waals surface area contributed by atoms with Crippen LogP contribution in [-0.4, -0.2) is 0 Å². The van der Waals surface area contributed by atoms with Crippen molar-refractivity contribution in [3.8, 4) is 23.0 Å². The smallest absolute Gasteiger partial charge is 0.135 e. The van der Waals surface area contributed by atoms with Crippen LogP contribution < -0.4 is 9.47 Å². The van der Waals surface area contributed by atoms with Crippen molar-refractivity contribution in [1.29, 1.82) is 0 Å². The molecule has 28 heavy (non-hydrogen) atoms. The quantitative estimate of drug-likeness (QED) is 0.328. The molecule has 0 unspecified atom stereocenters. The van der Waals surface area contributed by atoms with E-state index in [-0.39, 0.29) is 0 Å². The van der Waals surface area contributed by atoms with E-state index in [1.54, 1.807) is 0 Å². The molecule has 0 fully saturated rings. The molecule has 134 valence electrons. The van der Waals surface area contributed by atoms with E-state index < -0.39 is 0 Å². The number of ether oxygens (including phenoxy) is 2. The lowest BCUT2D eigenvalue weighted by Gasteiger charge is -2.12. The van der Waals surface area contributed by atoms with Gasteiger partial charge in [0.2, 0.25) is 0 Å². The minimum atomic E-state index is 0.745. The van der Waals surface area contributed by atoms with Gasteiger partial charge in [0.1, 0.15) is 23.0 Å². The summed E-state index contributed by atoms with van der Waals surface area (Å²) in [5.74, 6) is 3.16. The molecule has 0 spiro atoms. The largest absolute Gasteiger partial charge is 0.457 e. The summed E-state index contributed by atoms with van der Waals surface area (Å²) in [5, 5.41) is 4.49. The van der Waals surface area contributed by atoms with Gasteiger partial charge in [0.15, 0.2) is 0 Å². The average molecular weight is 362 g/mol. The van der Waals surface area contributed by atoms with Crippen LogP contribution in [0.4, 0.5) is 0 Å². The molecule has 0 radical (unpaired) electrons. The summed E-state index contributed by atoms with van der Waals surface area (Å²) in [7, 11) is 0. The lowest BCUT2D eigenvalue weighted by Crippen LogP contribution is -1.89. The van der Waals surface area contributed by atoms with E-state index >= 15 is 0 Å². The Labute approximate surface area is 163 Å². The molecule has 0 saturated carbocycles. The van der Waals surface area contributed by atoms with Gasteiger partial charge in [0.05, 0.1) is 0 Å². The zero-order chi connectivity index (χ0) is 18.8. The number of rotatable bonds is 4. The van der Waals surface area contributed by atoms with E-state index in [1.165, 1.54) is 0 Å². The van der Waals surface area contributed by atoms with Crippen LogP contribution in [0.2, 0.25) is 0 Å². The Morgan fingerprint density at radius 2 is 0.821 bits per heavy atom. The van der Waals surface area contributed by atoms with E-state index in [9.17, 15) is 0 Å². The maximum Gasteiger partial charge on any atom is 0.135 e. The molecule has 5 aromatic rings. The van der Waals surface area contributed by atoms with Crippen LogP contribution >= 0.6 is 0 Å². The van der Waals surface area contributed by atoms with E-state index in [1.807, 2.05) is 72.8 Å². The van der Waals surface area contributed by atoms with Crippen molar-refractivity contribution in [3.63, 3.8) is 0 Å². The first-order chi connectivity index (χ1) is 13.9. The Kier molecular flexibility index (Phi) is 4.15. The number of fused-ring (bicyclic) bond motifs is 2. The molecular weight excluding hydrogens is 344 g/mol. The molecule has 0 N–H and O–H groups in total. The Balaban J connectivity index is 1.46. The van der Waals surface area contributed by atoms with Gasteiger partial charge in [-0.05, 0) is 35.0 Å². The maximum atomic E-state index is 6.18. The predicted octanol–water partition coefficient (Wildman–Crippen LogP) is 7.58. The SMILES string of the molecule is c1cc(Oc2cccc3ccccc23)cc(Oc2cccc3ccccc23)c1. The van der Waals surface area contributed by atoms with Crippen molar-refractivity contribution in [3.05, 3.63) is 109 Å². The zero-order valence-electron chi connectivity index (χ0n) is 15.2. The van der Waals surface area contributed by atoms with Crippen LogP contribution in [0, 0.1) is 0 Å². The molecule has 5 rings (SSSR count). The molecule has 5 aromatic carbocycles. The van der Waals surface area contributed by atoms with Crippen molar-refractivity contribution in [1.82, 2.24) is 0 Å². The summed E-state index contributed by atoms with van der Waals surface area (Å²) in [6.45, 7) is 0. The standard InChI is InChI=1S/C26H18O2/c1-3-14-23-19(8-1)10-5-16-25(23)27-21-12-7-13-22(18-21)28-26-17-6-11-20-9-2-4-15-24(20)26/h1-18H. The highest BCUT2D eigenvalue weighted by atomic mass is 16.5. The van der Waals surface area contributed by atoms with Crippen LogP contribution in [0.1, 0.15) is 0 Å². The Morgan fingerprint density at radius 1 is 0.393 bits per heavy atom. The molecule has 0 saturated heterocycles. The van der Waals surface area contributed by atoms with Gasteiger partial charge in [0.25, 0.3) is 0 Å². The van der Waals surface area contributed by atoms with E-state index in [0.717, 1.165) is 44.5 Å². The van der Waals surface area contributed by atoms with E-state index in [2.05, 4.69) is 36.4 Å². The highest BCUT2D eigenvalue weighted by Gasteiger charge is 2.06. The van der Waals surface area contributed by atoms with Crippen molar-refractivity contribution in [2.24, 2.45) is 0 Å². The molecule has 0 aliphatic rings. The third kappa shape index (κ3) is 3.17. The number of hydrogen-bond donors (Lipinski definition) is 0. The third-order valence-electron chi connectivity index (χ3n) is 4.76. The van der Waals surface area contributed by atoms with Gasteiger partial charge in [-0.3, -0.25) is 0 Å². The van der Waals surface area contributed by atoms with Crippen molar-refractivity contribution < 1.29 is 9.47 Å². The van der Waals surface area contributed by atoms with Crippen LogP contribution in [0.3, 0.4) is 0 Å². The summed E-state index contributed by atoms with van der Waals surface area (Å²) in [6.07, 6.45) is 0. The van der Waals surface area contributed by atoms with Gasteiger partial charge in [-0.15, -0.1) is 0 Å². The highest BCUT2D eigenvalue weighted by Crippen LogP contribution is 2.34. The fourth-order valence-electron chi connectivity index (χ4n) is 3.42. The first-order valence-corrected chi connectivity index (χ1v) is 9.28. The Bertz CT molecular complexity index is 1170. The van der Waals surface area contributed by atoms with Gasteiger partial charge < -0.3 is 9.47 Å². The molecule has 0 aliphatic heterocycles. The molecule has 0 aromatic heterocycles. The molecule has 0 amide bonds. The molecule has 2 heteroatoms. The first-order valence-electron chi connectivity index (χ1n) is 9.28. The second-order valence-corrected chi connectivity index (χ2v) is 6.63. The van der Waals surface area contributed by atoms with Gasteiger partial charge in [0, 0.05) is 16.8 Å². The van der Waals surface area contributed by atoms with Gasteiger partial charge in [-0.2, -0.15) is 0 Å². The predicted molar refractivity (Wildman–Crippen MR) is 114 cm³/mol. The lowest BCUT2D eigenvalue weighted by atomic mass is 10.1. The van der Waals surface area contributed by atoms with Gasteiger partial charge in [-0.25, -0.2) is 0 Å². The summed E-state index contributed by atoms with van der Waals surface area (Å²) >= 11 is 0. The van der Waals surface area contributed by atoms with E-state index in [4.69, 9.17) is 9.47 Å². The van der Waals surface area contributed by atoms with Crippen molar-refractivity contribution in [2.75, 3.05) is 0 Å². The summed E-state index contributed by atoms with van der Waals surface area (Å²) < 4.78 is 12.4. The highest BCUT2D eigenvalue weighted by molar-refractivity contribution is 5.89. The molecule has 0 bridgehead atoms. The van der Waals surface area contributed by atoms with Crippen LogP contribution in [0.5, 0.6) is 23.0 Å². The minimum absolute atomic E-state index is 0.745. The lowest BCUT2D eigenvalue weighted by molar-refractivity contribution is 0.465. The normalized spacial score (nSPS) is 10.9.